The van der Waals surface area contributed by atoms with Crippen molar-refractivity contribution in [3.05, 3.63) is 71.0 Å². The zero-order valence-corrected chi connectivity index (χ0v) is 28.1. The quantitative estimate of drug-likeness (QED) is 0.227. The molecule has 2 fully saturated rings. The molecule has 2 heterocycles. The molecule has 9 nitrogen and oxygen atoms in total. The number of carbonyl (C=O) groups is 2. The molecule has 5 rings (SSSR count). The molecule has 0 bridgehead atoms. The number of hydrogen-bond acceptors (Lipinski definition) is 7. The number of methoxy groups -OCH3 is 1. The van der Waals surface area contributed by atoms with Crippen molar-refractivity contribution in [3.8, 4) is 11.5 Å². The summed E-state index contributed by atoms with van der Waals surface area (Å²) in [6.45, 7) is 12.8. The maximum absolute atomic E-state index is 14.3. The summed E-state index contributed by atoms with van der Waals surface area (Å²) in [5, 5.41) is 9.42. The van der Waals surface area contributed by atoms with Crippen LogP contribution in [0.1, 0.15) is 86.1 Å². The van der Waals surface area contributed by atoms with Crippen molar-refractivity contribution < 1.29 is 24.2 Å². The van der Waals surface area contributed by atoms with E-state index in [1.807, 2.05) is 62.4 Å². The van der Waals surface area contributed by atoms with Crippen LogP contribution in [0.2, 0.25) is 0 Å². The number of anilines is 2. The molecule has 1 aliphatic carbocycles. The van der Waals surface area contributed by atoms with Gasteiger partial charge in [-0.2, -0.15) is 0 Å². The highest BCUT2D eigenvalue weighted by Crippen LogP contribution is 2.45. The third-order valence-electron chi connectivity index (χ3n) is 8.84. The first-order chi connectivity index (χ1) is 21.9. The molecule has 1 N–H and O–H groups in total. The lowest BCUT2D eigenvalue weighted by atomic mass is 9.91. The number of carboxylic acid groups (broad SMARTS) is 1. The molecule has 1 unspecified atom stereocenters. The maximum atomic E-state index is 14.3. The molecular formula is C37H48N4O5. The fourth-order valence-corrected chi connectivity index (χ4v) is 6.40. The van der Waals surface area contributed by atoms with Crippen LogP contribution in [0.4, 0.5) is 11.6 Å². The van der Waals surface area contributed by atoms with E-state index in [4.69, 9.17) is 9.47 Å². The van der Waals surface area contributed by atoms with Gasteiger partial charge in [-0.1, -0.05) is 32.9 Å². The molecule has 1 saturated carbocycles. The van der Waals surface area contributed by atoms with Gasteiger partial charge in [0.1, 0.15) is 11.5 Å². The van der Waals surface area contributed by atoms with E-state index in [0.717, 1.165) is 67.2 Å². The normalized spacial score (nSPS) is 16.2. The first-order valence-corrected chi connectivity index (χ1v) is 16.4. The van der Waals surface area contributed by atoms with Crippen LogP contribution in [0.3, 0.4) is 0 Å². The molecule has 1 atom stereocenters. The number of carboxylic acids is 1. The molecule has 246 valence electrons. The van der Waals surface area contributed by atoms with Crippen LogP contribution in [0, 0.1) is 31.1 Å². The lowest BCUT2D eigenvalue weighted by Gasteiger charge is -2.35. The zero-order valence-electron chi connectivity index (χ0n) is 28.1. The summed E-state index contributed by atoms with van der Waals surface area (Å²) in [5.74, 6) is 1.91. The Balaban J connectivity index is 1.29. The van der Waals surface area contributed by atoms with Crippen LogP contribution in [0.5, 0.6) is 11.5 Å². The third-order valence-corrected chi connectivity index (χ3v) is 8.84. The van der Waals surface area contributed by atoms with Gasteiger partial charge in [-0.3, -0.25) is 14.5 Å². The third kappa shape index (κ3) is 8.56. The Labute approximate surface area is 273 Å². The molecule has 0 radical (unpaired) electrons. The lowest BCUT2D eigenvalue weighted by molar-refractivity contribution is -0.137. The predicted molar refractivity (Wildman–Crippen MR) is 180 cm³/mol. The van der Waals surface area contributed by atoms with Gasteiger partial charge in [0, 0.05) is 37.1 Å². The number of hydrogen-bond donors (Lipinski definition) is 1. The number of benzene rings is 2. The summed E-state index contributed by atoms with van der Waals surface area (Å²) in [5.41, 5.74) is 3.98. The summed E-state index contributed by atoms with van der Waals surface area (Å²) in [7, 11) is 1.64. The van der Waals surface area contributed by atoms with E-state index in [1.54, 1.807) is 12.0 Å². The minimum Gasteiger partial charge on any atom is -0.497 e. The summed E-state index contributed by atoms with van der Waals surface area (Å²) in [4.78, 5) is 39.1. The number of aryl methyl sites for hydroxylation is 2. The van der Waals surface area contributed by atoms with Gasteiger partial charge in [0.25, 0.3) is 5.91 Å². The van der Waals surface area contributed by atoms with Crippen LogP contribution in [-0.2, 0) is 4.79 Å². The highest BCUT2D eigenvalue weighted by Gasteiger charge is 2.34. The van der Waals surface area contributed by atoms with Gasteiger partial charge in [-0.15, -0.1) is 0 Å². The van der Waals surface area contributed by atoms with Crippen LogP contribution >= 0.6 is 0 Å². The van der Waals surface area contributed by atoms with Gasteiger partial charge >= 0.3 is 5.97 Å². The monoisotopic (exact) mass is 628 g/mol. The summed E-state index contributed by atoms with van der Waals surface area (Å²) < 4.78 is 11.8. The Kier molecular flexibility index (Phi) is 10.2. The molecule has 3 aromatic rings. The number of piperidine rings is 1. The van der Waals surface area contributed by atoms with Crippen molar-refractivity contribution in [2.75, 3.05) is 43.2 Å². The minimum atomic E-state index is -0.753. The van der Waals surface area contributed by atoms with Gasteiger partial charge in [0.05, 0.1) is 31.4 Å². The van der Waals surface area contributed by atoms with Gasteiger partial charge in [0.2, 0.25) is 5.95 Å². The fourth-order valence-electron chi connectivity index (χ4n) is 6.40. The average molecular weight is 629 g/mol. The molecular weight excluding hydrogens is 580 g/mol. The van der Waals surface area contributed by atoms with Crippen molar-refractivity contribution in [1.29, 1.82) is 0 Å². The SMILES string of the molecule is COc1ccc(C(=O)N(CC(C)(C)C)c2nc(C)cc(C)n2)c(N2CCC(COc3cccc(C(CC(=O)O)C4CC4)c3)CC2)c1. The van der Waals surface area contributed by atoms with Crippen LogP contribution in [-0.4, -0.2) is 60.3 Å². The Morgan fingerprint density at radius 2 is 1.67 bits per heavy atom. The Hall–Kier alpha value is -4.14. The Morgan fingerprint density at radius 1 is 0.978 bits per heavy atom. The standard InChI is InChI=1S/C37H48N4O5/c1-24-18-25(2)39-36(38-24)41(23-37(3,4)5)35(44)31-13-12-29(45-6)20-33(31)40-16-14-26(15-17-40)22-46-30-9-7-8-28(19-30)32(21-34(42)43)27-10-11-27/h7-9,12-13,18-20,26-27,32H,10-11,14-17,21-23H2,1-6H3,(H,42,43). The van der Waals surface area contributed by atoms with Crippen molar-refractivity contribution in [2.24, 2.45) is 17.3 Å². The van der Waals surface area contributed by atoms with Gasteiger partial charge < -0.3 is 19.5 Å². The van der Waals surface area contributed by atoms with E-state index in [1.165, 1.54) is 0 Å². The second kappa shape index (κ2) is 14.1. The van der Waals surface area contributed by atoms with Gasteiger partial charge in [-0.25, -0.2) is 9.97 Å². The zero-order chi connectivity index (χ0) is 33.0. The Morgan fingerprint density at radius 3 is 2.28 bits per heavy atom. The summed E-state index contributed by atoms with van der Waals surface area (Å²) >= 11 is 0. The van der Waals surface area contributed by atoms with Crippen LogP contribution < -0.4 is 19.3 Å². The van der Waals surface area contributed by atoms with Crippen molar-refractivity contribution >= 4 is 23.5 Å². The molecule has 1 aliphatic heterocycles. The second-order valence-corrected chi connectivity index (χ2v) is 14.1. The highest BCUT2D eigenvalue weighted by molar-refractivity contribution is 6.09. The average Bonchev–Trinajstić information content (AvgIpc) is 3.86. The van der Waals surface area contributed by atoms with Crippen molar-refractivity contribution in [1.82, 2.24) is 9.97 Å². The molecule has 46 heavy (non-hydrogen) atoms. The minimum absolute atomic E-state index is 0.0462. The topological polar surface area (TPSA) is 105 Å². The number of rotatable bonds is 12. The van der Waals surface area contributed by atoms with Crippen LogP contribution in [0.25, 0.3) is 0 Å². The maximum Gasteiger partial charge on any atom is 0.303 e. The number of aromatic nitrogens is 2. The molecule has 0 spiro atoms. The first kappa shape index (κ1) is 33.2. The smallest absolute Gasteiger partial charge is 0.303 e. The van der Waals surface area contributed by atoms with E-state index >= 15 is 0 Å². The van der Waals surface area contributed by atoms with E-state index in [2.05, 4.69) is 35.6 Å². The molecule has 1 amide bonds. The van der Waals surface area contributed by atoms with E-state index < -0.39 is 5.97 Å². The van der Waals surface area contributed by atoms with E-state index in [-0.39, 0.29) is 23.7 Å². The van der Waals surface area contributed by atoms with Crippen molar-refractivity contribution in [2.45, 2.75) is 72.6 Å². The Bertz CT molecular complexity index is 1520. The fraction of sp³-hybridized carbons (Fsp3) is 0.514. The largest absolute Gasteiger partial charge is 0.497 e. The number of aliphatic carboxylic acids is 1. The number of nitrogens with zero attached hydrogens (tertiary/aromatic N) is 4. The van der Waals surface area contributed by atoms with Gasteiger partial charge in [0.15, 0.2) is 0 Å². The van der Waals surface area contributed by atoms with Crippen molar-refractivity contribution in [3.63, 3.8) is 0 Å². The number of carbonyl (C=O) groups excluding carboxylic acids is 1. The molecule has 2 aliphatic rings. The number of amides is 1. The van der Waals surface area contributed by atoms with Gasteiger partial charge in [-0.05, 0) is 98.6 Å². The molecule has 9 heteroatoms. The summed E-state index contributed by atoms with van der Waals surface area (Å²) in [6, 6.07) is 15.6. The lowest BCUT2D eigenvalue weighted by Crippen LogP contribution is -2.41. The first-order valence-electron chi connectivity index (χ1n) is 16.4. The second-order valence-electron chi connectivity index (χ2n) is 14.1. The van der Waals surface area contributed by atoms with E-state index in [0.29, 0.717) is 42.2 Å². The molecule has 1 aromatic heterocycles. The number of ether oxygens (including phenoxy) is 2. The van der Waals surface area contributed by atoms with E-state index in [9.17, 15) is 14.7 Å². The molecule has 2 aromatic carbocycles. The molecule has 1 saturated heterocycles. The van der Waals surface area contributed by atoms with Crippen LogP contribution in [0.15, 0.2) is 48.5 Å². The summed E-state index contributed by atoms with van der Waals surface area (Å²) in [6.07, 6.45) is 4.18. The predicted octanol–water partition coefficient (Wildman–Crippen LogP) is 7.06. The highest BCUT2D eigenvalue weighted by atomic mass is 16.5.